The molecule has 1 saturated heterocycles. The molecule has 0 amide bonds. The second-order valence-corrected chi connectivity index (χ2v) is 3.02. The van der Waals surface area contributed by atoms with Gasteiger partial charge in [0.2, 0.25) is 0 Å². The number of rotatable bonds is 2. The van der Waals surface area contributed by atoms with Gasteiger partial charge in [-0.1, -0.05) is 0 Å². The molecule has 0 radical (unpaired) electrons. The number of carboxylic acid groups (broad SMARTS) is 1. The Labute approximate surface area is 72.1 Å². The zero-order valence-electron chi connectivity index (χ0n) is 7.32. The molecule has 1 unspecified atom stereocenters. The Morgan fingerprint density at radius 3 is 2.92 bits per heavy atom. The molecule has 70 valence electrons. The van der Waals surface area contributed by atoms with Gasteiger partial charge in [-0.3, -0.25) is 9.69 Å². The summed E-state index contributed by atoms with van der Waals surface area (Å²) in [5.41, 5.74) is 0. The maximum absolute atomic E-state index is 10.6. The fourth-order valence-electron chi connectivity index (χ4n) is 1.31. The smallest absolute Gasteiger partial charge is 0.320 e. The lowest BCUT2D eigenvalue weighted by Gasteiger charge is -2.23. The minimum absolute atomic E-state index is 0.383. The van der Waals surface area contributed by atoms with Crippen LogP contribution in [0.25, 0.3) is 0 Å². The normalized spacial score (nSPS) is 23.1. The van der Waals surface area contributed by atoms with Crippen molar-refractivity contribution in [2.45, 2.75) is 19.4 Å². The van der Waals surface area contributed by atoms with E-state index >= 15 is 0 Å². The second-order valence-electron chi connectivity index (χ2n) is 3.02. The van der Waals surface area contributed by atoms with Gasteiger partial charge in [0.25, 0.3) is 0 Å². The van der Waals surface area contributed by atoms with Gasteiger partial charge in [0.05, 0.1) is 6.61 Å². The summed E-state index contributed by atoms with van der Waals surface area (Å²) in [6.07, 6.45) is 0.928. The van der Waals surface area contributed by atoms with Crippen LogP contribution in [0.15, 0.2) is 0 Å². The van der Waals surface area contributed by atoms with E-state index in [-0.39, 0.29) is 6.04 Å². The van der Waals surface area contributed by atoms with Crippen LogP contribution in [0.4, 0.5) is 0 Å². The van der Waals surface area contributed by atoms with Crippen LogP contribution in [0.2, 0.25) is 0 Å². The van der Waals surface area contributed by atoms with E-state index in [9.17, 15) is 4.79 Å². The SMILES string of the molecule is CC(C(=O)O)N1CCCOCC1. The predicted molar refractivity (Wildman–Crippen MR) is 44.1 cm³/mol. The highest BCUT2D eigenvalue weighted by molar-refractivity contribution is 5.72. The van der Waals surface area contributed by atoms with Crippen molar-refractivity contribution in [3.8, 4) is 0 Å². The zero-order chi connectivity index (χ0) is 8.97. The highest BCUT2D eigenvalue weighted by atomic mass is 16.5. The van der Waals surface area contributed by atoms with E-state index in [0.717, 1.165) is 26.1 Å². The van der Waals surface area contributed by atoms with Gasteiger partial charge in [0.1, 0.15) is 6.04 Å². The average Bonchev–Trinajstić information content (AvgIpc) is 2.30. The van der Waals surface area contributed by atoms with E-state index in [1.807, 2.05) is 4.90 Å². The first-order chi connectivity index (χ1) is 5.72. The third kappa shape index (κ3) is 2.46. The Balaban J connectivity index is 2.42. The number of carbonyl (C=O) groups is 1. The minimum Gasteiger partial charge on any atom is -0.480 e. The molecule has 0 aromatic rings. The summed E-state index contributed by atoms with van der Waals surface area (Å²) in [5, 5.41) is 8.74. The molecule has 1 atom stereocenters. The fourth-order valence-corrected chi connectivity index (χ4v) is 1.31. The Bertz CT molecular complexity index is 152. The lowest BCUT2D eigenvalue weighted by atomic mass is 10.2. The summed E-state index contributed by atoms with van der Waals surface area (Å²) in [6, 6.07) is -0.383. The van der Waals surface area contributed by atoms with Crippen molar-refractivity contribution in [2.75, 3.05) is 26.3 Å². The number of hydrogen-bond donors (Lipinski definition) is 1. The number of nitrogens with zero attached hydrogens (tertiary/aromatic N) is 1. The molecule has 1 aliphatic rings. The summed E-state index contributed by atoms with van der Waals surface area (Å²) >= 11 is 0. The topological polar surface area (TPSA) is 49.8 Å². The van der Waals surface area contributed by atoms with E-state index < -0.39 is 5.97 Å². The van der Waals surface area contributed by atoms with Crippen molar-refractivity contribution in [1.82, 2.24) is 4.90 Å². The number of hydrogen-bond acceptors (Lipinski definition) is 3. The molecule has 1 aliphatic heterocycles. The highest BCUT2D eigenvalue weighted by Gasteiger charge is 2.20. The maximum Gasteiger partial charge on any atom is 0.320 e. The van der Waals surface area contributed by atoms with Crippen LogP contribution in [-0.4, -0.2) is 48.3 Å². The largest absolute Gasteiger partial charge is 0.480 e. The van der Waals surface area contributed by atoms with Crippen LogP contribution < -0.4 is 0 Å². The van der Waals surface area contributed by atoms with Crippen molar-refractivity contribution >= 4 is 5.97 Å². The average molecular weight is 173 g/mol. The van der Waals surface area contributed by atoms with Crippen LogP contribution >= 0.6 is 0 Å². The molecular formula is C8H15NO3. The zero-order valence-corrected chi connectivity index (χ0v) is 7.32. The first kappa shape index (κ1) is 9.48. The molecule has 0 aromatic heterocycles. The number of aliphatic carboxylic acids is 1. The summed E-state index contributed by atoms with van der Waals surface area (Å²) < 4.78 is 5.22. The lowest BCUT2D eigenvalue weighted by Crippen LogP contribution is -2.40. The molecule has 4 heteroatoms. The van der Waals surface area contributed by atoms with E-state index in [1.165, 1.54) is 0 Å². The van der Waals surface area contributed by atoms with Crippen molar-refractivity contribution in [2.24, 2.45) is 0 Å². The molecule has 1 fully saturated rings. The summed E-state index contributed by atoms with van der Waals surface area (Å²) in [6.45, 7) is 4.68. The molecule has 0 saturated carbocycles. The Hall–Kier alpha value is -0.610. The van der Waals surface area contributed by atoms with E-state index in [4.69, 9.17) is 9.84 Å². The fraction of sp³-hybridized carbons (Fsp3) is 0.875. The molecule has 1 N–H and O–H groups in total. The molecule has 12 heavy (non-hydrogen) atoms. The highest BCUT2D eigenvalue weighted by Crippen LogP contribution is 2.04. The Morgan fingerprint density at radius 1 is 1.50 bits per heavy atom. The standard InChI is InChI=1S/C8H15NO3/c1-7(8(10)11)9-3-2-5-12-6-4-9/h7H,2-6H2,1H3,(H,10,11). The van der Waals surface area contributed by atoms with E-state index in [0.29, 0.717) is 6.61 Å². The van der Waals surface area contributed by atoms with Gasteiger partial charge in [0, 0.05) is 19.7 Å². The summed E-state index contributed by atoms with van der Waals surface area (Å²) in [4.78, 5) is 12.6. The maximum atomic E-state index is 10.6. The summed E-state index contributed by atoms with van der Waals surface area (Å²) in [7, 11) is 0. The van der Waals surface area contributed by atoms with E-state index in [2.05, 4.69) is 0 Å². The molecule has 0 aliphatic carbocycles. The monoisotopic (exact) mass is 173 g/mol. The summed E-state index contributed by atoms with van der Waals surface area (Å²) in [5.74, 6) is -0.753. The Morgan fingerprint density at radius 2 is 2.25 bits per heavy atom. The number of ether oxygens (including phenoxy) is 1. The van der Waals surface area contributed by atoms with Gasteiger partial charge in [0.15, 0.2) is 0 Å². The van der Waals surface area contributed by atoms with Crippen molar-refractivity contribution in [3.05, 3.63) is 0 Å². The third-order valence-electron chi connectivity index (χ3n) is 2.16. The van der Waals surface area contributed by atoms with Crippen molar-refractivity contribution in [3.63, 3.8) is 0 Å². The first-order valence-corrected chi connectivity index (χ1v) is 4.26. The van der Waals surface area contributed by atoms with Gasteiger partial charge >= 0.3 is 5.97 Å². The number of carboxylic acids is 1. The molecule has 1 rings (SSSR count). The molecule has 1 heterocycles. The van der Waals surface area contributed by atoms with Gasteiger partial charge in [-0.2, -0.15) is 0 Å². The molecule has 0 spiro atoms. The quantitative estimate of drug-likeness (QED) is 0.647. The van der Waals surface area contributed by atoms with Crippen LogP contribution in [0, 0.1) is 0 Å². The predicted octanol–water partition coefficient (Wildman–Crippen LogP) is 0.182. The Kier molecular flexibility index (Phi) is 3.49. The van der Waals surface area contributed by atoms with Crippen LogP contribution in [0.1, 0.15) is 13.3 Å². The van der Waals surface area contributed by atoms with Gasteiger partial charge in [-0.05, 0) is 13.3 Å². The second kappa shape index (κ2) is 4.42. The first-order valence-electron chi connectivity index (χ1n) is 4.26. The van der Waals surface area contributed by atoms with Crippen molar-refractivity contribution in [1.29, 1.82) is 0 Å². The van der Waals surface area contributed by atoms with Crippen LogP contribution in [0.5, 0.6) is 0 Å². The van der Waals surface area contributed by atoms with Crippen LogP contribution in [-0.2, 0) is 9.53 Å². The van der Waals surface area contributed by atoms with Crippen LogP contribution in [0.3, 0.4) is 0 Å². The van der Waals surface area contributed by atoms with Crippen molar-refractivity contribution < 1.29 is 14.6 Å². The van der Waals surface area contributed by atoms with E-state index in [1.54, 1.807) is 6.92 Å². The molecular weight excluding hydrogens is 158 g/mol. The molecule has 0 aromatic carbocycles. The molecule has 0 bridgehead atoms. The third-order valence-corrected chi connectivity index (χ3v) is 2.16. The minimum atomic E-state index is -0.753. The van der Waals surface area contributed by atoms with Gasteiger partial charge in [-0.15, -0.1) is 0 Å². The molecule has 4 nitrogen and oxygen atoms in total. The van der Waals surface area contributed by atoms with Gasteiger partial charge < -0.3 is 9.84 Å². The van der Waals surface area contributed by atoms with Gasteiger partial charge in [-0.25, -0.2) is 0 Å². The lowest BCUT2D eigenvalue weighted by molar-refractivity contribution is -0.142.